The molecule has 2 fully saturated rings. The largest absolute Gasteiger partial charge is 0.322 e. The highest BCUT2D eigenvalue weighted by molar-refractivity contribution is 5.92. The fourth-order valence-electron chi connectivity index (χ4n) is 3.13. The molecule has 1 aliphatic heterocycles. The van der Waals surface area contributed by atoms with Crippen LogP contribution in [0.4, 0.5) is 5.69 Å². The van der Waals surface area contributed by atoms with E-state index in [-0.39, 0.29) is 5.91 Å². The first-order valence-corrected chi connectivity index (χ1v) is 7.81. The Morgan fingerprint density at radius 1 is 1.43 bits per heavy atom. The molecule has 2 heterocycles. The Balaban J connectivity index is 1.51. The van der Waals surface area contributed by atoms with Crippen LogP contribution in [0, 0.1) is 6.92 Å². The summed E-state index contributed by atoms with van der Waals surface area (Å²) in [5.74, 6) is 0.0535. The highest BCUT2D eigenvalue weighted by Crippen LogP contribution is 2.28. The lowest BCUT2D eigenvalue weighted by molar-refractivity contribution is -0.118. The number of amides is 1. The molecule has 0 bridgehead atoms. The predicted octanol–water partition coefficient (Wildman–Crippen LogP) is 0.836. The second-order valence-electron chi connectivity index (χ2n) is 6.40. The number of piperazine rings is 1. The summed E-state index contributed by atoms with van der Waals surface area (Å²) in [5, 5.41) is 7.21. The third kappa shape index (κ3) is 3.44. The van der Waals surface area contributed by atoms with Gasteiger partial charge in [-0.2, -0.15) is 5.10 Å². The maximum atomic E-state index is 12.2. The van der Waals surface area contributed by atoms with E-state index in [0.717, 1.165) is 37.1 Å². The highest BCUT2D eigenvalue weighted by atomic mass is 16.2. The van der Waals surface area contributed by atoms with Gasteiger partial charge >= 0.3 is 0 Å². The van der Waals surface area contributed by atoms with Crippen molar-refractivity contribution in [2.24, 2.45) is 7.05 Å². The molecule has 1 atom stereocenters. The van der Waals surface area contributed by atoms with Crippen molar-refractivity contribution < 1.29 is 4.79 Å². The monoisotopic (exact) mass is 291 g/mol. The minimum atomic E-state index is 0.0535. The number of aryl methyl sites for hydroxylation is 2. The molecule has 3 rings (SSSR count). The van der Waals surface area contributed by atoms with Gasteiger partial charge in [-0.1, -0.05) is 0 Å². The number of hydrogen-bond donors (Lipinski definition) is 1. The first kappa shape index (κ1) is 14.5. The molecule has 1 N–H and O–H groups in total. The van der Waals surface area contributed by atoms with Gasteiger partial charge in [-0.05, 0) is 26.7 Å². The standard InChI is InChI=1S/C15H25N5O/c1-11-8-20(13-4-5-13)7-6-19(11)10-15(21)16-14-9-18(3)17-12(14)2/h9,11,13H,4-8,10H2,1-3H3,(H,16,21). The molecule has 0 aromatic carbocycles. The second-order valence-corrected chi connectivity index (χ2v) is 6.40. The van der Waals surface area contributed by atoms with E-state index < -0.39 is 0 Å². The molecule has 0 radical (unpaired) electrons. The summed E-state index contributed by atoms with van der Waals surface area (Å²) < 4.78 is 1.72. The number of anilines is 1. The molecule has 1 aromatic heterocycles. The molecule has 1 aromatic rings. The third-order valence-corrected chi connectivity index (χ3v) is 4.49. The van der Waals surface area contributed by atoms with Gasteiger partial charge in [0.1, 0.15) is 0 Å². The van der Waals surface area contributed by atoms with Gasteiger partial charge in [-0.25, -0.2) is 0 Å². The van der Waals surface area contributed by atoms with Crippen molar-refractivity contribution in [1.29, 1.82) is 0 Å². The van der Waals surface area contributed by atoms with E-state index >= 15 is 0 Å². The maximum Gasteiger partial charge on any atom is 0.238 e. The van der Waals surface area contributed by atoms with E-state index in [9.17, 15) is 4.79 Å². The Kier molecular flexibility index (Phi) is 3.99. The second kappa shape index (κ2) is 5.77. The van der Waals surface area contributed by atoms with Crippen LogP contribution in [0.1, 0.15) is 25.5 Å². The van der Waals surface area contributed by atoms with Crippen molar-refractivity contribution in [2.45, 2.75) is 38.8 Å². The van der Waals surface area contributed by atoms with Gasteiger partial charge in [-0.15, -0.1) is 0 Å². The van der Waals surface area contributed by atoms with Crippen LogP contribution in [0.15, 0.2) is 6.20 Å². The summed E-state index contributed by atoms with van der Waals surface area (Å²) >= 11 is 0. The average Bonchev–Trinajstić information content (AvgIpc) is 3.20. The van der Waals surface area contributed by atoms with E-state index in [4.69, 9.17) is 0 Å². The molecule has 2 aliphatic rings. The number of rotatable bonds is 4. The summed E-state index contributed by atoms with van der Waals surface area (Å²) in [6, 6.07) is 1.27. The number of nitrogens with one attached hydrogen (secondary N) is 1. The highest BCUT2D eigenvalue weighted by Gasteiger charge is 2.34. The quantitative estimate of drug-likeness (QED) is 0.893. The van der Waals surface area contributed by atoms with Crippen LogP contribution >= 0.6 is 0 Å². The Morgan fingerprint density at radius 3 is 2.76 bits per heavy atom. The minimum Gasteiger partial charge on any atom is -0.322 e. The summed E-state index contributed by atoms with van der Waals surface area (Å²) in [4.78, 5) is 17.1. The van der Waals surface area contributed by atoms with Crippen LogP contribution in [-0.4, -0.2) is 63.8 Å². The first-order chi connectivity index (χ1) is 10.0. The van der Waals surface area contributed by atoms with Crippen LogP contribution in [-0.2, 0) is 11.8 Å². The maximum absolute atomic E-state index is 12.2. The van der Waals surface area contributed by atoms with E-state index in [2.05, 4.69) is 27.1 Å². The number of aromatic nitrogens is 2. The van der Waals surface area contributed by atoms with E-state index in [1.54, 1.807) is 4.68 Å². The van der Waals surface area contributed by atoms with Gasteiger partial charge in [-0.3, -0.25) is 19.3 Å². The van der Waals surface area contributed by atoms with Crippen molar-refractivity contribution in [3.63, 3.8) is 0 Å². The molecule has 1 saturated carbocycles. The van der Waals surface area contributed by atoms with Crippen LogP contribution < -0.4 is 5.32 Å². The average molecular weight is 291 g/mol. The van der Waals surface area contributed by atoms with Gasteiger partial charge < -0.3 is 5.32 Å². The molecule has 6 heteroatoms. The Hall–Kier alpha value is -1.40. The fourth-order valence-corrected chi connectivity index (χ4v) is 3.13. The predicted molar refractivity (Wildman–Crippen MR) is 82.2 cm³/mol. The first-order valence-electron chi connectivity index (χ1n) is 7.81. The van der Waals surface area contributed by atoms with Crippen molar-refractivity contribution in [3.8, 4) is 0 Å². The molecule has 1 amide bonds. The van der Waals surface area contributed by atoms with Gasteiger partial charge in [0.25, 0.3) is 0 Å². The lowest BCUT2D eigenvalue weighted by Crippen LogP contribution is -2.54. The van der Waals surface area contributed by atoms with Crippen molar-refractivity contribution in [3.05, 3.63) is 11.9 Å². The van der Waals surface area contributed by atoms with Crippen molar-refractivity contribution in [2.75, 3.05) is 31.5 Å². The Bertz CT molecular complexity index is 522. The number of nitrogens with zero attached hydrogens (tertiary/aromatic N) is 4. The summed E-state index contributed by atoms with van der Waals surface area (Å²) in [6.07, 6.45) is 4.56. The van der Waals surface area contributed by atoms with Gasteiger partial charge in [0, 0.05) is 45.0 Å². The zero-order valence-corrected chi connectivity index (χ0v) is 13.2. The Labute approximate surface area is 126 Å². The number of carbonyl (C=O) groups is 1. The van der Waals surface area contributed by atoms with Gasteiger partial charge in [0.15, 0.2) is 0 Å². The van der Waals surface area contributed by atoms with Crippen LogP contribution in [0.3, 0.4) is 0 Å². The smallest absolute Gasteiger partial charge is 0.238 e. The van der Waals surface area contributed by atoms with Gasteiger partial charge in [0.05, 0.1) is 17.9 Å². The van der Waals surface area contributed by atoms with Crippen LogP contribution in [0.25, 0.3) is 0 Å². The number of carbonyl (C=O) groups excluding carboxylic acids is 1. The lowest BCUT2D eigenvalue weighted by atomic mass is 10.2. The minimum absolute atomic E-state index is 0.0535. The zero-order valence-electron chi connectivity index (χ0n) is 13.2. The SMILES string of the molecule is Cc1nn(C)cc1NC(=O)CN1CCN(C2CC2)CC1C. The van der Waals surface area contributed by atoms with Gasteiger partial charge in [0.2, 0.25) is 5.91 Å². The molecule has 1 aliphatic carbocycles. The molecule has 1 saturated heterocycles. The summed E-state index contributed by atoms with van der Waals surface area (Å²) in [7, 11) is 1.86. The summed E-state index contributed by atoms with van der Waals surface area (Å²) in [6.45, 7) is 7.76. The number of hydrogen-bond acceptors (Lipinski definition) is 4. The molecule has 0 spiro atoms. The molecule has 6 nitrogen and oxygen atoms in total. The van der Waals surface area contributed by atoms with E-state index in [1.165, 1.54) is 12.8 Å². The Morgan fingerprint density at radius 2 is 2.19 bits per heavy atom. The normalized spacial score (nSPS) is 24.2. The molecule has 21 heavy (non-hydrogen) atoms. The third-order valence-electron chi connectivity index (χ3n) is 4.49. The van der Waals surface area contributed by atoms with E-state index in [1.807, 2.05) is 20.2 Å². The zero-order chi connectivity index (χ0) is 15.0. The summed E-state index contributed by atoms with van der Waals surface area (Å²) in [5.41, 5.74) is 1.67. The molecule has 1 unspecified atom stereocenters. The van der Waals surface area contributed by atoms with Crippen LogP contribution in [0.5, 0.6) is 0 Å². The molecule has 116 valence electrons. The van der Waals surface area contributed by atoms with Crippen molar-refractivity contribution >= 4 is 11.6 Å². The topological polar surface area (TPSA) is 53.4 Å². The van der Waals surface area contributed by atoms with Crippen LogP contribution in [0.2, 0.25) is 0 Å². The van der Waals surface area contributed by atoms with E-state index in [0.29, 0.717) is 12.6 Å². The molecular formula is C15H25N5O. The molecular weight excluding hydrogens is 266 g/mol. The van der Waals surface area contributed by atoms with Crippen molar-refractivity contribution in [1.82, 2.24) is 19.6 Å². The fraction of sp³-hybridized carbons (Fsp3) is 0.733. The lowest BCUT2D eigenvalue weighted by Gasteiger charge is -2.39.